The molecule has 5 heteroatoms. The van der Waals surface area contributed by atoms with Crippen LogP contribution in [0.5, 0.6) is 0 Å². The summed E-state index contributed by atoms with van der Waals surface area (Å²) in [4.78, 5) is 1.90. The minimum absolute atomic E-state index is 0.00579. The maximum Gasteiger partial charge on any atom is 0.389 e. The van der Waals surface area contributed by atoms with Crippen molar-refractivity contribution in [2.24, 2.45) is 0 Å². The van der Waals surface area contributed by atoms with Gasteiger partial charge in [-0.25, -0.2) is 0 Å². The van der Waals surface area contributed by atoms with E-state index in [4.69, 9.17) is 5.11 Å². The maximum atomic E-state index is 12.0. The molecule has 0 spiro atoms. The summed E-state index contributed by atoms with van der Waals surface area (Å²) in [6.07, 6.45) is -4.23. The first-order valence-electron chi connectivity index (χ1n) is 6.00. The number of para-hydroxylation sites is 1. The Kier molecular flexibility index (Phi) is 5.98. The Bertz CT molecular complexity index is 327. The zero-order valence-corrected chi connectivity index (χ0v) is 10.2. The summed E-state index contributed by atoms with van der Waals surface area (Å²) in [5, 5.41) is 8.96. The molecular formula is C13H18F3NO. The second-order valence-electron chi connectivity index (χ2n) is 4.12. The molecule has 0 aliphatic heterocycles. The van der Waals surface area contributed by atoms with Crippen molar-refractivity contribution in [3.63, 3.8) is 0 Å². The van der Waals surface area contributed by atoms with E-state index in [0.29, 0.717) is 19.5 Å². The van der Waals surface area contributed by atoms with Gasteiger partial charge in [-0.2, -0.15) is 13.2 Å². The molecule has 0 aliphatic carbocycles. The SMILES string of the molecule is OCCN(CCCCC(F)(F)F)c1ccccc1. The second kappa shape index (κ2) is 7.26. The topological polar surface area (TPSA) is 23.5 Å². The number of unbranched alkanes of at least 4 members (excludes halogenated alkanes) is 1. The summed E-state index contributed by atoms with van der Waals surface area (Å²) in [7, 11) is 0. The number of aliphatic hydroxyl groups is 1. The van der Waals surface area contributed by atoms with Gasteiger partial charge < -0.3 is 10.0 Å². The molecule has 0 aliphatic rings. The highest BCUT2D eigenvalue weighted by atomic mass is 19.4. The Morgan fingerprint density at radius 1 is 1.00 bits per heavy atom. The molecule has 1 rings (SSSR count). The molecule has 2 nitrogen and oxygen atoms in total. The minimum Gasteiger partial charge on any atom is -0.395 e. The molecule has 1 aromatic rings. The van der Waals surface area contributed by atoms with E-state index in [1.54, 1.807) is 0 Å². The Morgan fingerprint density at radius 2 is 1.67 bits per heavy atom. The van der Waals surface area contributed by atoms with Crippen molar-refractivity contribution in [3.05, 3.63) is 30.3 Å². The lowest BCUT2D eigenvalue weighted by Crippen LogP contribution is -2.27. The molecule has 0 bridgehead atoms. The number of anilines is 1. The van der Waals surface area contributed by atoms with Crippen molar-refractivity contribution >= 4 is 5.69 Å². The van der Waals surface area contributed by atoms with E-state index < -0.39 is 12.6 Å². The number of nitrogens with zero attached hydrogens (tertiary/aromatic N) is 1. The molecule has 0 radical (unpaired) electrons. The number of hydrogen-bond acceptors (Lipinski definition) is 2. The molecule has 0 heterocycles. The van der Waals surface area contributed by atoms with Crippen LogP contribution in [0.3, 0.4) is 0 Å². The molecule has 0 atom stereocenters. The zero-order chi connectivity index (χ0) is 13.4. The van der Waals surface area contributed by atoms with Gasteiger partial charge in [-0.05, 0) is 25.0 Å². The molecule has 0 unspecified atom stereocenters. The molecule has 0 saturated heterocycles. The van der Waals surface area contributed by atoms with Gasteiger partial charge in [-0.15, -0.1) is 0 Å². The fraction of sp³-hybridized carbons (Fsp3) is 0.538. The molecular weight excluding hydrogens is 243 g/mol. The molecule has 0 aromatic heterocycles. The third-order valence-electron chi connectivity index (χ3n) is 2.63. The summed E-state index contributed by atoms with van der Waals surface area (Å²) in [5.41, 5.74) is 0.929. The van der Waals surface area contributed by atoms with Crippen molar-refractivity contribution in [2.75, 3.05) is 24.6 Å². The fourth-order valence-corrected chi connectivity index (χ4v) is 1.76. The molecule has 0 amide bonds. The number of halogens is 3. The van der Waals surface area contributed by atoms with E-state index in [1.807, 2.05) is 35.2 Å². The number of alkyl halides is 3. The van der Waals surface area contributed by atoms with E-state index in [1.165, 1.54) is 0 Å². The van der Waals surface area contributed by atoms with Gasteiger partial charge in [0.1, 0.15) is 0 Å². The predicted molar refractivity (Wildman–Crippen MR) is 65.6 cm³/mol. The van der Waals surface area contributed by atoms with E-state index in [2.05, 4.69) is 0 Å². The van der Waals surface area contributed by atoms with Gasteiger partial charge in [0.2, 0.25) is 0 Å². The largest absolute Gasteiger partial charge is 0.395 e. The Labute approximate surface area is 105 Å². The second-order valence-corrected chi connectivity index (χ2v) is 4.12. The van der Waals surface area contributed by atoms with Crippen LogP contribution in [0.2, 0.25) is 0 Å². The predicted octanol–water partition coefficient (Wildman–Crippen LogP) is 3.22. The van der Waals surface area contributed by atoms with Crippen LogP contribution in [0.15, 0.2) is 30.3 Å². The van der Waals surface area contributed by atoms with Crippen LogP contribution in [-0.2, 0) is 0 Å². The number of benzene rings is 1. The highest BCUT2D eigenvalue weighted by Gasteiger charge is 2.25. The highest BCUT2D eigenvalue weighted by molar-refractivity contribution is 5.45. The van der Waals surface area contributed by atoms with E-state index >= 15 is 0 Å². The van der Waals surface area contributed by atoms with Crippen molar-refractivity contribution in [1.82, 2.24) is 0 Å². The average molecular weight is 261 g/mol. The number of aliphatic hydroxyl groups excluding tert-OH is 1. The van der Waals surface area contributed by atoms with E-state index in [0.717, 1.165) is 5.69 Å². The lowest BCUT2D eigenvalue weighted by Gasteiger charge is -2.24. The Balaban J connectivity index is 2.40. The van der Waals surface area contributed by atoms with Crippen LogP contribution in [0, 0.1) is 0 Å². The highest BCUT2D eigenvalue weighted by Crippen LogP contribution is 2.22. The van der Waals surface area contributed by atoms with Crippen LogP contribution >= 0.6 is 0 Å². The van der Waals surface area contributed by atoms with Gasteiger partial charge in [-0.3, -0.25) is 0 Å². The van der Waals surface area contributed by atoms with Gasteiger partial charge in [0, 0.05) is 25.2 Å². The molecule has 0 saturated carbocycles. The quantitative estimate of drug-likeness (QED) is 0.762. The normalized spacial score (nSPS) is 11.6. The molecule has 1 aromatic carbocycles. The molecule has 0 fully saturated rings. The van der Waals surface area contributed by atoms with Crippen LogP contribution < -0.4 is 4.90 Å². The third-order valence-corrected chi connectivity index (χ3v) is 2.63. The van der Waals surface area contributed by atoms with Gasteiger partial charge in [0.15, 0.2) is 0 Å². The minimum atomic E-state index is -4.07. The fourth-order valence-electron chi connectivity index (χ4n) is 1.76. The van der Waals surface area contributed by atoms with Crippen molar-refractivity contribution in [1.29, 1.82) is 0 Å². The summed E-state index contributed by atoms with van der Waals surface area (Å²) in [5.74, 6) is 0. The maximum absolute atomic E-state index is 12.0. The van der Waals surface area contributed by atoms with Crippen LogP contribution in [-0.4, -0.2) is 31.0 Å². The van der Waals surface area contributed by atoms with Gasteiger partial charge in [0.25, 0.3) is 0 Å². The van der Waals surface area contributed by atoms with Crippen molar-refractivity contribution < 1.29 is 18.3 Å². The summed E-state index contributed by atoms with van der Waals surface area (Å²) in [6.45, 7) is 0.963. The first-order chi connectivity index (χ1) is 8.53. The summed E-state index contributed by atoms with van der Waals surface area (Å²) < 4.78 is 36.0. The van der Waals surface area contributed by atoms with Gasteiger partial charge in [0.05, 0.1) is 6.61 Å². The lowest BCUT2D eigenvalue weighted by atomic mass is 10.2. The number of rotatable bonds is 7. The third kappa shape index (κ3) is 5.91. The summed E-state index contributed by atoms with van der Waals surface area (Å²) >= 11 is 0. The first-order valence-corrected chi connectivity index (χ1v) is 6.00. The van der Waals surface area contributed by atoms with E-state index in [-0.39, 0.29) is 13.0 Å². The van der Waals surface area contributed by atoms with Gasteiger partial charge >= 0.3 is 6.18 Å². The zero-order valence-electron chi connectivity index (χ0n) is 10.2. The Morgan fingerprint density at radius 3 is 2.22 bits per heavy atom. The molecule has 1 N–H and O–H groups in total. The summed E-state index contributed by atoms with van der Waals surface area (Å²) in [6, 6.07) is 9.40. The van der Waals surface area contributed by atoms with Crippen LogP contribution in [0.25, 0.3) is 0 Å². The monoisotopic (exact) mass is 261 g/mol. The molecule has 102 valence electrons. The molecule has 18 heavy (non-hydrogen) atoms. The van der Waals surface area contributed by atoms with Crippen LogP contribution in [0.1, 0.15) is 19.3 Å². The van der Waals surface area contributed by atoms with Crippen molar-refractivity contribution in [3.8, 4) is 0 Å². The first kappa shape index (κ1) is 14.8. The van der Waals surface area contributed by atoms with Gasteiger partial charge in [-0.1, -0.05) is 18.2 Å². The van der Waals surface area contributed by atoms with Crippen LogP contribution in [0.4, 0.5) is 18.9 Å². The smallest absolute Gasteiger partial charge is 0.389 e. The van der Waals surface area contributed by atoms with E-state index in [9.17, 15) is 13.2 Å². The number of hydrogen-bond donors (Lipinski definition) is 1. The standard InChI is InChI=1S/C13H18F3NO/c14-13(15,16)8-4-5-9-17(10-11-18)12-6-2-1-3-7-12/h1-3,6-7,18H,4-5,8-11H2. The average Bonchev–Trinajstić information content (AvgIpc) is 2.33. The Hall–Kier alpha value is -1.23. The lowest BCUT2D eigenvalue weighted by molar-refractivity contribution is -0.135. The van der Waals surface area contributed by atoms with Crippen molar-refractivity contribution in [2.45, 2.75) is 25.4 Å².